The normalized spacial score (nSPS) is 11.6. The van der Waals surface area contributed by atoms with E-state index in [1.807, 2.05) is 6.92 Å². The molecule has 0 aliphatic heterocycles. The molecule has 0 saturated heterocycles. The van der Waals surface area contributed by atoms with Crippen LogP contribution in [0.5, 0.6) is 0 Å². The number of nitrogens with two attached hydrogens (primary N) is 1. The molecule has 2 rings (SSSR count). The number of sulfonamides is 1. The van der Waals surface area contributed by atoms with Gasteiger partial charge in [0.05, 0.1) is 22.8 Å². The molecule has 1 heterocycles. The maximum atomic E-state index is 13.7. The van der Waals surface area contributed by atoms with Crippen LogP contribution >= 0.6 is 0 Å². The van der Waals surface area contributed by atoms with E-state index in [-0.39, 0.29) is 17.1 Å². The van der Waals surface area contributed by atoms with Crippen LogP contribution in [0.4, 0.5) is 10.1 Å². The van der Waals surface area contributed by atoms with E-state index in [1.54, 1.807) is 6.92 Å². The summed E-state index contributed by atoms with van der Waals surface area (Å²) in [4.78, 5) is 3.87. The first-order valence-corrected chi connectivity index (χ1v) is 7.31. The molecule has 20 heavy (non-hydrogen) atoms. The number of anilines is 1. The van der Waals surface area contributed by atoms with Crippen LogP contribution < -0.4 is 10.5 Å². The van der Waals surface area contributed by atoms with E-state index in [9.17, 15) is 12.8 Å². The SMILES string of the molecule is Cc1nc(CNc2ccc(S(N)(=O)=O)cc2F)oc1C. The van der Waals surface area contributed by atoms with Crippen molar-refractivity contribution in [3.05, 3.63) is 41.4 Å². The molecule has 0 fully saturated rings. The van der Waals surface area contributed by atoms with Gasteiger partial charge in [0.1, 0.15) is 11.6 Å². The van der Waals surface area contributed by atoms with Gasteiger partial charge in [-0.3, -0.25) is 0 Å². The van der Waals surface area contributed by atoms with Crippen molar-refractivity contribution >= 4 is 15.7 Å². The number of hydrogen-bond donors (Lipinski definition) is 2. The lowest BCUT2D eigenvalue weighted by molar-refractivity contribution is 0.477. The van der Waals surface area contributed by atoms with Crippen molar-refractivity contribution in [3.63, 3.8) is 0 Å². The third-order valence-corrected chi connectivity index (χ3v) is 3.68. The van der Waals surface area contributed by atoms with Gasteiger partial charge in [0.15, 0.2) is 0 Å². The Morgan fingerprint density at radius 3 is 2.60 bits per heavy atom. The van der Waals surface area contributed by atoms with Crippen molar-refractivity contribution in [1.82, 2.24) is 4.98 Å². The highest BCUT2D eigenvalue weighted by atomic mass is 32.2. The average molecular weight is 299 g/mol. The lowest BCUT2D eigenvalue weighted by Gasteiger charge is -2.06. The number of nitrogens with zero attached hydrogens (tertiary/aromatic N) is 1. The molecule has 6 nitrogen and oxygen atoms in total. The van der Waals surface area contributed by atoms with E-state index in [0.29, 0.717) is 11.7 Å². The molecule has 0 saturated carbocycles. The molecule has 0 atom stereocenters. The number of aromatic nitrogens is 1. The Labute approximate surface area is 115 Å². The summed E-state index contributed by atoms with van der Waals surface area (Å²) in [6.45, 7) is 3.79. The molecule has 0 bridgehead atoms. The van der Waals surface area contributed by atoms with Crippen molar-refractivity contribution in [1.29, 1.82) is 0 Å². The van der Waals surface area contributed by atoms with Gasteiger partial charge in [0.25, 0.3) is 0 Å². The molecule has 0 radical (unpaired) electrons. The summed E-state index contributed by atoms with van der Waals surface area (Å²) in [5.74, 6) is 0.415. The summed E-state index contributed by atoms with van der Waals surface area (Å²) in [7, 11) is -3.91. The zero-order chi connectivity index (χ0) is 14.9. The molecule has 0 unspecified atom stereocenters. The largest absolute Gasteiger partial charge is 0.444 e. The number of primary sulfonamides is 1. The Balaban J connectivity index is 2.14. The lowest BCUT2D eigenvalue weighted by atomic mass is 10.3. The van der Waals surface area contributed by atoms with Gasteiger partial charge in [-0.25, -0.2) is 22.9 Å². The standard InChI is InChI=1S/C12H14FN3O3S/c1-7-8(2)19-12(16-7)6-15-11-4-3-9(5-10(11)13)20(14,17)18/h3-5,15H,6H2,1-2H3,(H2,14,17,18). The van der Waals surface area contributed by atoms with Crippen LogP contribution in [-0.2, 0) is 16.6 Å². The van der Waals surface area contributed by atoms with Gasteiger partial charge < -0.3 is 9.73 Å². The van der Waals surface area contributed by atoms with E-state index in [4.69, 9.17) is 9.56 Å². The Morgan fingerprint density at radius 1 is 1.40 bits per heavy atom. The fourth-order valence-electron chi connectivity index (χ4n) is 1.60. The Morgan fingerprint density at radius 2 is 2.10 bits per heavy atom. The lowest BCUT2D eigenvalue weighted by Crippen LogP contribution is -2.12. The van der Waals surface area contributed by atoms with Crippen LogP contribution in [0.15, 0.2) is 27.5 Å². The quantitative estimate of drug-likeness (QED) is 0.895. The van der Waals surface area contributed by atoms with Crippen molar-refractivity contribution < 1.29 is 17.2 Å². The summed E-state index contributed by atoms with van der Waals surface area (Å²) >= 11 is 0. The van der Waals surface area contributed by atoms with E-state index < -0.39 is 15.8 Å². The summed E-state index contributed by atoms with van der Waals surface area (Å²) < 4.78 is 41.2. The third kappa shape index (κ3) is 3.14. The second kappa shape index (κ2) is 5.22. The Hall–Kier alpha value is -1.93. The molecule has 3 N–H and O–H groups in total. The van der Waals surface area contributed by atoms with Crippen LogP contribution in [0.2, 0.25) is 0 Å². The third-order valence-electron chi connectivity index (χ3n) is 2.77. The topological polar surface area (TPSA) is 98.2 Å². The van der Waals surface area contributed by atoms with E-state index in [0.717, 1.165) is 11.8 Å². The molecule has 2 aromatic rings. The van der Waals surface area contributed by atoms with Gasteiger partial charge in [0.2, 0.25) is 15.9 Å². The zero-order valence-corrected chi connectivity index (χ0v) is 11.8. The molecule has 0 aliphatic carbocycles. The van der Waals surface area contributed by atoms with E-state index in [2.05, 4.69) is 10.3 Å². The van der Waals surface area contributed by atoms with Gasteiger partial charge in [-0.2, -0.15) is 0 Å². The van der Waals surface area contributed by atoms with Crippen LogP contribution in [0.25, 0.3) is 0 Å². The number of aryl methyl sites for hydroxylation is 2. The molecule has 1 aromatic carbocycles. The molecule has 0 amide bonds. The summed E-state index contributed by atoms with van der Waals surface area (Å²) in [5, 5.41) is 7.70. The van der Waals surface area contributed by atoms with Gasteiger partial charge in [-0.1, -0.05) is 0 Å². The van der Waals surface area contributed by atoms with Crippen LogP contribution in [0.1, 0.15) is 17.3 Å². The number of rotatable bonds is 4. The van der Waals surface area contributed by atoms with Crippen LogP contribution in [-0.4, -0.2) is 13.4 Å². The molecule has 0 aliphatic rings. The van der Waals surface area contributed by atoms with E-state index in [1.165, 1.54) is 12.1 Å². The highest BCUT2D eigenvalue weighted by molar-refractivity contribution is 7.89. The van der Waals surface area contributed by atoms with E-state index >= 15 is 0 Å². The van der Waals surface area contributed by atoms with Crippen molar-refractivity contribution in [2.45, 2.75) is 25.3 Å². The molecule has 0 spiro atoms. The first kappa shape index (κ1) is 14.5. The smallest absolute Gasteiger partial charge is 0.238 e. The monoisotopic (exact) mass is 299 g/mol. The molecule has 8 heteroatoms. The van der Waals surface area contributed by atoms with Gasteiger partial charge >= 0.3 is 0 Å². The van der Waals surface area contributed by atoms with Crippen molar-refractivity contribution in [2.75, 3.05) is 5.32 Å². The summed E-state index contributed by atoms with van der Waals surface area (Å²) in [5.41, 5.74) is 0.915. The van der Waals surface area contributed by atoms with Gasteiger partial charge in [-0.05, 0) is 32.0 Å². The van der Waals surface area contributed by atoms with Crippen LogP contribution in [0, 0.1) is 19.7 Å². The van der Waals surface area contributed by atoms with Crippen LogP contribution in [0.3, 0.4) is 0 Å². The number of benzene rings is 1. The second-order valence-electron chi connectivity index (χ2n) is 4.29. The zero-order valence-electron chi connectivity index (χ0n) is 11.0. The molecule has 1 aromatic heterocycles. The maximum absolute atomic E-state index is 13.7. The van der Waals surface area contributed by atoms with Gasteiger partial charge in [0, 0.05) is 0 Å². The minimum absolute atomic E-state index is 0.144. The highest BCUT2D eigenvalue weighted by Crippen LogP contribution is 2.19. The number of halogens is 1. The highest BCUT2D eigenvalue weighted by Gasteiger charge is 2.12. The Bertz CT molecular complexity index is 721. The fourth-order valence-corrected chi connectivity index (χ4v) is 2.13. The fraction of sp³-hybridized carbons (Fsp3) is 0.250. The Kier molecular flexibility index (Phi) is 3.78. The number of oxazole rings is 1. The number of nitrogens with one attached hydrogen (secondary N) is 1. The van der Waals surface area contributed by atoms with Crippen molar-refractivity contribution in [2.24, 2.45) is 5.14 Å². The first-order valence-electron chi connectivity index (χ1n) is 5.76. The molecule has 108 valence electrons. The van der Waals surface area contributed by atoms with Gasteiger partial charge in [-0.15, -0.1) is 0 Å². The second-order valence-corrected chi connectivity index (χ2v) is 5.85. The summed E-state index contributed by atoms with van der Waals surface area (Å²) in [6.07, 6.45) is 0. The molecular formula is C12H14FN3O3S. The maximum Gasteiger partial charge on any atom is 0.238 e. The molecular weight excluding hydrogens is 285 g/mol. The minimum Gasteiger partial charge on any atom is -0.444 e. The summed E-state index contributed by atoms with van der Waals surface area (Å²) in [6, 6.07) is 3.40. The predicted molar refractivity (Wildman–Crippen MR) is 71.1 cm³/mol. The number of hydrogen-bond acceptors (Lipinski definition) is 5. The van der Waals surface area contributed by atoms with Crippen molar-refractivity contribution in [3.8, 4) is 0 Å². The minimum atomic E-state index is -3.91. The predicted octanol–water partition coefficient (Wildman–Crippen LogP) is 1.69. The first-order chi connectivity index (χ1) is 9.27. The average Bonchev–Trinajstić information content (AvgIpc) is 2.66.